The smallest absolute Gasteiger partial charge is 0.283 e. The number of nitrogens with zero attached hydrogens (tertiary/aromatic N) is 1. The summed E-state index contributed by atoms with van der Waals surface area (Å²) in [5.41, 5.74) is 3.59. The molecule has 1 aromatic heterocycles. The number of hydrogen-bond donors (Lipinski definition) is 3. The number of methoxy groups -OCH3 is 1. The van der Waals surface area contributed by atoms with E-state index in [2.05, 4.69) is 10.3 Å². The number of aromatic amines is 1. The van der Waals surface area contributed by atoms with Crippen LogP contribution >= 0.6 is 0 Å². The molecule has 1 aliphatic heterocycles. The fourth-order valence-electron chi connectivity index (χ4n) is 4.73. The zero-order chi connectivity index (χ0) is 24.8. The van der Waals surface area contributed by atoms with E-state index in [1.54, 1.807) is 24.1 Å². The van der Waals surface area contributed by atoms with Crippen LogP contribution in [0.3, 0.4) is 0 Å². The van der Waals surface area contributed by atoms with Crippen molar-refractivity contribution in [3.05, 3.63) is 59.3 Å². The zero-order valence-electron chi connectivity index (χ0n) is 19.8. The van der Waals surface area contributed by atoms with Gasteiger partial charge in [-0.15, -0.1) is 0 Å². The van der Waals surface area contributed by atoms with Gasteiger partial charge in [0.2, 0.25) is 0 Å². The van der Waals surface area contributed by atoms with Crippen LogP contribution in [0.1, 0.15) is 29.3 Å². The largest absolute Gasteiger partial charge is 0.496 e. The number of fused-ring (bicyclic) bond motifs is 3. The average molecular weight is 492 g/mol. The Kier molecular flexibility index (Phi) is 8.20. The molecule has 190 valence electrons. The number of ether oxygens (including phenoxy) is 2. The predicted octanol–water partition coefficient (Wildman–Crippen LogP) is 4.08. The van der Waals surface area contributed by atoms with E-state index in [1.165, 1.54) is 0 Å². The van der Waals surface area contributed by atoms with Crippen LogP contribution in [0.25, 0.3) is 10.9 Å². The maximum absolute atomic E-state index is 14.4. The van der Waals surface area contributed by atoms with E-state index < -0.39 is 25.1 Å². The third kappa shape index (κ3) is 5.74. The average Bonchev–Trinajstić information content (AvgIpc) is 3.24. The lowest BCUT2D eigenvalue weighted by molar-refractivity contribution is -0.0789. The van der Waals surface area contributed by atoms with Gasteiger partial charge in [-0.05, 0) is 49.2 Å². The van der Waals surface area contributed by atoms with Crippen molar-refractivity contribution in [1.29, 1.82) is 0 Å². The lowest BCUT2D eigenvalue weighted by atomic mass is 9.91. The molecule has 1 atom stereocenters. The Bertz CT molecular complexity index is 1120. The van der Waals surface area contributed by atoms with E-state index in [0.29, 0.717) is 56.1 Å². The van der Waals surface area contributed by atoms with E-state index >= 15 is 0 Å². The van der Waals surface area contributed by atoms with Crippen molar-refractivity contribution in [2.24, 2.45) is 0 Å². The molecule has 3 N–H and O–H groups in total. The molecule has 6 nitrogen and oxygen atoms in total. The van der Waals surface area contributed by atoms with E-state index in [-0.39, 0.29) is 6.67 Å². The summed E-state index contributed by atoms with van der Waals surface area (Å²) in [6.45, 7) is -0.243. The molecule has 0 radical (unpaired) electrons. The summed E-state index contributed by atoms with van der Waals surface area (Å²) in [6, 6.07) is 12.8. The van der Waals surface area contributed by atoms with Crippen LogP contribution in [0.5, 0.6) is 11.5 Å². The van der Waals surface area contributed by atoms with Crippen molar-refractivity contribution >= 4 is 10.9 Å². The van der Waals surface area contributed by atoms with Crippen LogP contribution in [0.15, 0.2) is 42.5 Å². The number of benzene rings is 2. The molecule has 0 saturated carbocycles. The Labute approximate surface area is 203 Å². The van der Waals surface area contributed by atoms with Gasteiger partial charge in [0.25, 0.3) is 5.92 Å². The van der Waals surface area contributed by atoms with Crippen molar-refractivity contribution in [2.75, 3.05) is 53.2 Å². The minimum absolute atomic E-state index is 0.362. The van der Waals surface area contributed by atoms with Crippen LogP contribution in [0.2, 0.25) is 0 Å². The molecule has 4 rings (SSSR count). The lowest BCUT2D eigenvalue weighted by Gasteiger charge is -2.38. The molecule has 2 heterocycles. The molecule has 0 aliphatic carbocycles. The van der Waals surface area contributed by atoms with Gasteiger partial charge in [0.1, 0.15) is 24.7 Å². The van der Waals surface area contributed by atoms with Crippen LogP contribution in [-0.4, -0.2) is 74.1 Å². The first-order valence-electron chi connectivity index (χ1n) is 11.9. The summed E-state index contributed by atoms with van der Waals surface area (Å²) in [5, 5.41) is 13.4. The van der Waals surface area contributed by atoms with Crippen molar-refractivity contribution in [2.45, 2.75) is 24.8 Å². The van der Waals surface area contributed by atoms with E-state index in [9.17, 15) is 18.3 Å². The molecule has 3 aromatic rings. The highest BCUT2D eigenvalue weighted by Gasteiger charge is 2.39. The number of rotatable bonds is 12. The van der Waals surface area contributed by atoms with Gasteiger partial charge in [0.05, 0.1) is 26.4 Å². The molecular weight excluding hydrogens is 459 g/mol. The van der Waals surface area contributed by atoms with Crippen molar-refractivity contribution in [3.63, 3.8) is 0 Å². The number of aromatic nitrogens is 1. The van der Waals surface area contributed by atoms with E-state index in [4.69, 9.17) is 9.47 Å². The molecular formula is C26H32F3N3O3. The predicted molar refractivity (Wildman–Crippen MR) is 129 cm³/mol. The third-order valence-electron chi connectivity index (χ3n) is 6.33. The minimum atomic E-state index is -3.24. The molecule has 0 unspecified atom stereocenters. The number of aliphatic hydroxyl groups excluding tert-OH is 1. The van der Waals surface area contributed by atoms with Crippen molar-refractivity contribution in [3.8, 4) is 11.5 Å². The zero-order valence-corrected chi connectivity index (χ0v) is 19.8. The van der Waals surface area contributed by atoms with E-state index in [0.717, 1.165) is 22.2 Å². The molecule has 2 aromatic carbocycles. The number of para-hydroxylation sites is 1. The fraction of sp³-hybridized carbons (Fsp3) is 0.462. The van der Waals surface area contributed by atoms with Gasteiger partial charge in [0.15, 0.2) is 0 Å². The van der Waals surface area contributed by atoms with Crippen LogP contribution in [0, 0.1) is 0 Å². The normalized spacial score (nSPS) is 16.4. The topological polar surface area (TPSA) is 69.8 Å². The Balaban J connectivity index is 1.69. The van der Waals surface area contributed by atoms with Gasteiger partial charge in [-0.3, -0.25) is 9.29 Å². The molecule has 0 saturated heterocycles. The summed E-state index contributed by atoms with van der Waals surface area (Å²) in [5.74, 6) is -2.09. The molecule has 0 spiro atoms. The minimum Gasteiger partial charge on any atom is -0.496 e. The standard InChI is InChI=1S/C26H32F3N3O3/c1-34-23-8-7-18(35-14-12-30-11-4-10-27)15-21(23)25-24-20(19-5-2-3-6-22(19)31-24)9-13-32(25)16-26(28,29)17-33/h2-3,5-8,15,25,30-31,33H,4,9-14,16-17H2,1H3/t25-/m1/s1. The van der Waals surface area contributed by atoms with Crippen LogP contribution in [0.4, 0.5) is 13.2 Å². The highest BCUT2D eigenvalue weighted by molar-refractivity contribution is 5.85. The maximum atomic E-state index is 14.4. The highest BCUT2D eigenvalue weighted by atomic mass is 19.3. The number of alkyl halides is 3. The number of H-pyrrole nitrogens is 1. The molecule has 35 heavy (non-hydrogen) atoms. The number of aliphatic hydroxyl groups is 1. The Hall–Kier alpha value is -2.75. The first kappa shape index (κ1) is 25.3. The molecule has 9 heteroatoms. The quantitative estimate of drug-likeness (QED) is 0.333. The molecule has 0 amide bonds. The number of hydrogen-bond acceptors (Lipinski definition) is 5. The summed E-state index contributed by atoms with van der Waals surface area (Å²) in [7, 11) is 1.55. The third-order valence-corrected chi connectivity index (χ3v) is 6.33. The van der Waals surface area contributed by atoms with Gasteiger partial charge in [-0.2, -0.15) is 0 Å². The molecule has 1 aliphatic rings. The van der Waals surface area contributed by atoms with Crippen LogP contribution in [-0.2, 0) is 6.42 Å². The summed E-state index contributed by atoms with van der Waals surface area (Å²) >= 11 is 0. The molecule has 0 fully saturated rings. The van der Waals surface area contributed by atoms with Crippen molar-refractivity contribution in [1.82, 2.24) is 15.2 Å². The number of halogens is 3. The van der Waals surface area contributed by atoms with Crippen LogP contribution < -0.4 is 14.8 Å². The second-order valence-electron chi connectivity index (χ2n) is 8.74. The first-order valence-corrected chi connectivity index (χ1v) is 11.9. The summed E-state index contributed by atoms with van der Waals surface area (Å²) in [4.78, 5) is 5.14. The fourth-order valence-corrected chi connectivity index (χ4v) is 4.73. The second-order valence-corrected chi connectivity index (χ2v) is 8.74. The summed E-state index contributed by atoms with van der Waals surface area (Å²) < 4.78 is 52.5. The van der Waals surface area contributed by atoms with Gasteiger partial charge < -0.3 is 24.9 Å². The van der Waals surface area contributed by atoms with Gasteiger partial charge in [-0.1, -0.05) is 18.2 Å². The number of nitrogens with one attached hydrogen (secondary N) is 2. The summed E-state index contributed by atoms with van der Waals surface area (Å²) in [6.07, 6.45) is 1.07. The Morgan fingerprint density at radius 2 is 2.03 bits per heavy atom. The lowest BCUT2D eigenvalue weighted by Crippen LogP contribution is -2.45. The first-order chi connectivity index (χ1) is 17.0. The monoisotopic (exact) mass is 491 g/mol. The SMILES string of the molecule is COc1ccc(OCCNCCCF)cc1[C@@H]1c2[nH]c3ccccc3c2CCN1CC(F)(F)CO. The Morgan fingerprint density at radius 3 is 2.80 bits per heavy atom. The molecule has 0 bridgehead atoms. The van der Waals surface area contributed by atoms with Gasteiger partial charge >= 0.3 is 0 Å². The van der Waals surface area contributed by atoms with Gasteiger partial charge in [-0.25, -0.2) is 8.78 Å². The highest BCUT2D eigenvalue weighted by Crippen LogP contribution is 2.43. The van der Waals surface area contributed by atoms with Crippen molar-refractivity contribution < 1.29 is 27.8 Å². The van der Waals surface area contributed by atoms with E-state index in [1.807, 2.05) is 30.3 Å². The Morgan fingerprint density at radius 1 is 1.20 bits per heavy atom. The van der Waals surface area contributed by atoms with Gasteiger partial charge in [0, 0.05) is 35.2 Å². The maximum Gasteiger partial charge on any atom is 0.283 e. The second kappa shape index (κ2) is 11.3.